The van der Waals surface area contributed by atoms with E-state index in [0.717, 1.165) is 18.2 Å². The average molecular weight is 279 g/mol. The van der Waals surface area contributed by atoms with Crippen molar-refractivity contribution >= 4 is 0 Å². The van der Waals surface area contributed by atoms with Gasteiger partial charge in [0.1, 0.15) is 11.5 Å². The van der Waals surface area contributed by atoms with Crippen LogP contribution in [0.15, 0.2) is 18.2 Å². The Balaban J connectivity index is 3.11. The van der Waals surface area contributed by atoms with Crippen LogP contribution in [-0.2, 0) is 0 Å². The van der Waals surface area contributed by atoms with Crippen LogP contribution in [0, 0.1) is 5.41 Å². The van der Waals surface area contributed by atoms with Crippen molar-refractivity contribution in [2.24, 2.45) is 11.1 Å². The Hall–Kier alpha value is -1.47. The van der Waals surface area contributed by atoms with Gasteiger partial charge < -0.3 is 20.7 Å². The van der Waals surface area contributed by atoms with Crippen molar-refractivity contribution < 1.29 is 28.1 Å². The van der Waals surface area contributed by atoms with E-state index in [2.05, 4.69) is 4.74 Å². The van der Waals surface area contributed by atoms with E-state index in [1.54, 1.807) is 13.8 Å². The molecule has 1 aromatic carbocycles. The van der Waals surface area contributed by atoms with Crippen molar-refractivity contribution in [2.45, 2.75) is 26.3 Å². The molecule has 0 spiro atoms. The lowest BCUT2D eigenvalue weighted by Gasteiger charge is -2.30. The molecule has 0 aliphatic rings. The molecule has 0 heterocycles. The number of aliphatic hydroxyl groups is 1. The molecule has 4 N–H and O–H groups in total. The van der Waals surface area contributed by atoms with E-state index in [-0.39, 0.29) is 17.9 Å². The summed E-state index contributed by atoms with van der Waals surface area (Å²) < 4.78 is 40.1. The lowest BCUT2D eigenvalue weighted by atomic mass is 9.81. The average Bonchev–Trinajstić information content (AvgIpc) is 2.29. The molecule has 1 atom stereocenters. The van der Waals surface area contributed by atoms with Crippen molar-refractivity contribution in [3.05, 3.63) is 23.8 Å². The zero-order chi connectivity index (χ0) is 14.8. The van der Waals surface area contributed by atoms with Crippen LogP contribution < -0.4 is 10.5 Å². The quantitative estimate of drug-likeness (QED) is 0.790. The van der Waals surface area contributed by atoms with Gasteiger partial charge in [0.25, 0.3) is 0 Å². The van der Waals surface area contributed by atoms with Crippen molar-refractivity contribution in [1.29, 1.82) is 0 Å². The van der Waals surface area contributed by atoms with E-state index in [4.69, 9.17) is 5.73 Å². The van der Waals surface area contributed by atoms with E-state index in [9.17, 15) is 23.4 Å². The third kappa shape index (κ3) is 4.00. The van der Waals surface area contributed by atoms with Crippen molar-refractivity contribution in [3.8, 4) is 11.5 Å². The first-order valence-corrected chi connectivity index (χ1v) is 5.52. The number of aromatic hydroxyl groups is 1. The molecule has 0 saturated heterocycles. The first-order valence-electron chi connectivity index (χ1n) is 5.52. The van der Waals surface area contributed by atoms with Gasteiger partial charge in [-0.05, 0) is 18.2 Å². The van der Waals surface area contributed by atoms with Crippen molar-refractivity contribution in [1.82, 2.24) is 0 Å². The third-order valence-electron chi connectivity index (χ3n) is 2.82. The molecule has 0 bridgehead atoms. The second kappa shape index (κ2) is 5.26. The van der Waals surface area contributed by atoms with Gasteiger partial charge in [-0.2, -0.15) is 0 Å². The summed E-state index contributed by atoms with van der Waals surface area (Å²) in [6.07, 6.45) is -4.81. The molecule has 0 amide bonds. The molecule has 7 heteroatoms. The minimum atomic E-state index is -4.81. The molecule has 4 nitrogen and oxygen atoms in total. The summed E-state index contributed by atoms with van der Waals surface area (Å²) in [4.78, 5) is 0. The Morgan fingerprint density at radius 1 is 1.32 bits per heavy atom. The van der Waals surface area contributed by atoms with E-state index >= 15 is 0 Å². The Morgan fingerprint density at radius 3 is 2.37 bits per heavy atom. The van der Waals surface area contributed by atoms with Gasteiger partial charge in [-0.15, -0.1) is 13.2 Å². The third-order valence-corrected chi connectivity index (χ3v) is 2.82. The molecule has 19 heavy (non-hydrogen) atoms. The fourth-order valence-corrected chi connectivity index (χ4v) is 1.50. The largest absolute Gasteiger partial charge is 0.573 e. The number of hydrogen-bond donors (Lipinski definition) is 3. The lowest BCUT2D eigenvalue weighted by Crippen LogP contribution is -2.32. The maximum Gasteiger partial charge on any atom is 0.573 e. The van der Waals surface area contributed by atoms with Gasteiger partial charge in [-0.25, -0.2) is 0 Å². The molecule has 0 aliphatic carbocycles. The van der Waals surface area contributed by atoms with Crippen LogP contribution in [0.3, 0.4) is 0 Å². The van der Waals surface area contributed by atoms with E-state index < -0.39 is 23.6 Å². The highest BCUT2D eigenvalue weighted by molar-refractivity contribution is 5.42. The maximum absolute atomic E-state index is 12.1. The van der Waals surface area contributed by atoms with Crippen LogP contribution in [0.1, 0.15) is 25.5 Å². The molecule has 0 radical (unpaired) electrons. The second-order valence-electron chi connectivity index (χ2n) is 4.89. The van der Waals surface area contributed by atoms with Crippen LogP contribution in [0.2, 0.25) is 0 Å². The Bertz CT molecular complexity index is 446. The highest BCUT2D eigenvalue weighted by Crippen LogP contribution is 2.37. The minimum Gasteiger partial charge on any atom is -0.508 e. The van der Waals surface area contributed by atoms with Gasteiger partial charge >= 0.3 is 6.36 Å². The van der Waals surface area contributed by atoms with Crippen LogP contribution in [0.25, 0.3) is 0 Å². The molecule has 0 aliphatic heterocycles. The van der Waals surface area contributed by atoms with Gasteiger partial charge in [0.2, 0.25) is 0 Å². The summed E-state index contributed by atoms with van der Waals surface area (Å²) in [5.41, 5.74) is 5.15. The number of phenols is 1. The number of ether oxygens (including phenoxy) is 1. The van der Waals surface area contributed by atoms with Gasteiger partial charge in [0.15, 0.2) is 0 Å². The number of hydrogen-bond acceptors (Lipinski definition) is 4. The molecule has 0 aromatic heterocycles. The zero-order valence-electron chi connectivity index (χ0n) is 10.5. The molecule has 108 valence electrons. The monoisotopic (exact) mass is 279 g/mol. The number of phenolic OH excluding ortho intramolecular Hbond substituents is 1. The SMILES string of the molecule is CC(C)(CO)[C@@H](N)c1cc(OC(F)(F)F)ccc1O. The van der Waals surface area contributed by atoms with Gasteiger partial charge in [-0.3, -0.25) is 0 Å². The van der Waals surface area contributed by atoms with Gasteiger partial charge in [-0.1, -0.05) is 13.8 Å². The summed E-state index contributed by atoms with van der Waals surface area (Å²) in [5, 5.41) is 18.9. The van der Waals surface area contributed by atoms with Gasteiger partial charge in [0.05, 0.1) is 0 Å². The number of aliphatic hydroxyl groups excluding tert-OH is 1. The van der Waals surface area contributed by atoms with Crippen LogP contribution >= 0.6 is 0 Å². The first kappa shape index (κ1) is 15.6. The lowest BCUT2D eigenvalue weighted by molar-refractivity contribution is -0.274. The Morgan fingerprint density at radius 2 is 1.89 bits per heavy atom. The summed E-state index contributed by atoms with van der Waals surface area (Å²) >= 11 is 0. The zero-order valence-corrected chi connectivity index (χ0v) is 10.5. The Labute approximate surface area is 108 Å². The maximum atomic E-state index is 12.1. The minimum absolute atomic E-state index is 0.0841. The smallest absolute Gasteiger partial charge is 0.508 e. The number of halogens is 3. The number of nitrogens with two attached hydrogens (primary N) is 1. The summed E-state index contributed by atoms with van der Waals surface area (Å²) in [7, 11) is 0. The van der Waals surface area contributed by atoms with E-state index in [1.165, 1.54) is 0 Å². The predicted molar refractivity (Wildman–Crippen MR) is 62.6 cm³/mol. The Kier molecular flexibility index (Phi) is 4.32. The van der Waals surface area contributed by atoms with Crippen LogP contribution in [0.5, 0.6) is 11.5 Å². The highest BCUT2D eigenvalue weighted by Gasteiger charge is 2.33. The van der Waals surface area contributed by atoms with Gasteiger partial charge in [0, 0.05) is 23.6 Å². The molecule has 0 saturated carbocycles. The topological polar surface area (TPSA) is 75.7 Å². The molecular weight excluding hydrogens is 263 g/mol. The summed E-state index contributed by atoms with van der Waals surface area (Å²) in [6, 6.07) is 2.24. The molecule has 1 aromatic rings. The molecule has 0 fully saturated rings. The predicted octanol–water partition coefficient (Wildman–Crippen LogP) is 2.31. The molecular formula is C12H16F3NO3. The summed E-state index contributed by atoms with van der Waals surface area (Å²) in [6.45, 7) is 2.99. The molecule has 1 rings (SSSR count). The van der Waals surface area contributed by atoms with Crippen LogP contribution in [-0.4, -0.2) is 23.2 Å². The fourth-order valence-electron chi connectivity index (χ4n) is 1.50. The van der Waals surface area contributed by atoms with Crippen molar-refractivity contribution in [3.63, 3.8) is 0 Å². The first-order chi connectivity index (χ1) is 8.57. The van der Waals surface area contributed by atoms with Crippen molar-refractivity contribution in [2.75, 3.05) is 6.61 Å². The second-order valence-corrected chi connectivity index (χ2v) is 4.89. The summed E-state index contributed by atoms with van der Waals surface area (Å²) in [5.74, 6) is -0.715. The van der Waals surface area contributed by atoms with Crippen LogP contribution in [0.4, 0.5) is 13.2 Å². The fraction of sp³-hybridized carbons (Fsp3) is 0.500. The van der Waals surface area contributed by atoms with E-state index in [1.807, 2.05) is 0 Å². The van der Waals surface area contributed by atoms with E-state index in [0.29, 0.717) is 0 Å². The normalized spacial score (nSPS) is 14.3. The standard InChI is InChI=1S/C12H16F3NO3/c1-11(2,6-17)10(16)8-5-7(3-4-9(8)18)19-12(13,14)15/h3-5,10,17-18H,6,16H2,1-2H3/t10-/m0/s1. The number of benzene rings is 1. The molecule has 0 unspecified atom stereocenters. The number of alkyl halides is 3. The number of rotatable bonds is 4. The highest BCUT2D eigenvalue weighted by atomic mass is 19.4.